The predicted molar refractivity (Wildman–Crippen MR) is 91.1 cm³/mol. The standard InChI is InChI=1S/C18H27N3O2/c19-17-3-1-15(2-4-17)13-18(22)21-9-7-20(8-10-21)14-16-5-11-23-12-6-16/h1-4,16H,5-14,19H2. The van der Waals surface area contributed by atoms with Crippen molar-refractivity contribution in [3.63, 3.8) is 0 Å². The number of benzene rings is 1. The normalized spacial score (nSPS) is 20.6. The largest absolute Gasteiger partial charge is 0.399 e. The molecule has 0 spiro atoms. The Morgan fingerprint density at radius 1 is 1.09 bits per heavy atom. The fourth-order valence-corrected chi connectivity index (χ4v) is 3.40. The van der Waals surface area contributed by atoms with E-state index in [4.69, 9.17) is 10.5 Å². The van der Waals surface area contributed by atoms with Gasteiger partial charge in [0.2, 0.25) is 5.91 Å². The number of rotatable bonds is 4. The Labute approximate surface area is 138 Å². The van der Waals surface area contributed by atoms with Crippen molar-refractivity contribution >= 4 is 11.6 Å². The number of carbonyl (C=O) groups is 1. The van der Waals surface area contributed by atoms with Gasteiger partial charge in [0, 0.05) is 51.6 Å². The first kappa shape index (κ1) is 16.3. The van der Waals surface area contributed by atoms with Crippen molar-refractivity contribution in [1.29, 1.82) is 0 Å². The van der Waals surface area contributed by atoms with Crippen molar-refractivity contribution in [1.82, 2.24) is 9.80 Å². The molecule has 0 saturated carbocycles. The Hall–Kier alpha value is -1.59. The summed E-state index contributed by atoms with van der Waals surface area (Å²) in [6, 6.07) is 7.59. The smallest absolute Gasteiger partial charge is 0.227 e. The van der Waals surface area contributed by atoms with Crippen LogP contribution in [-0.2, 0) is 16.0 Å². The third kappa shape index (κ3) is 4.69. The molecule has 0 aromatic heterocycles. The van der Waals surface area contributed by atoms with Gasteiger partial charge in [0.05, 0.1) is 6.42 Å². The van der Waals surface area contributed by atoms with Gasteiger partial charge in [-0.1, -0.05) is 12.1 Å². The summed E-state index contributed by atoms with van der Waals surface area (Å²) >= 11 is 0. The number of carbonyl (C=O) groups excluding carboxylic acids is 1. The lowest BCUT2D eigenvalue weighted by Gasteiger charge is -2.37. The number of nitrogens with zero attached hydrogens (tertiary/aromatic N) is 2. The second-order valence-electron chi connectivity index (χ2n) is 6.66. The maximum Gasteiger partial charge on any atom is 0.227 e. The van der Waals surface area contributed by atoms with Gasteiger partial charge in [0.15, 0.2) is 0 Å². The van der Waals surface area contributed by atoms with Crippen LogP contribution < -0.4 is 5.73 Å². The van der Waals surface area contributed by atoms with E-state index < -0.39 is 0 Å². The molecular formula is C18H27N3O2. The SMILES string of the molecule is Nc1ccc(CC(=O)N2CCN(CC3CCOCC3)CC2)cc1. The van der Waals surface area contributed by atoms with E-state index in [9.17, 15) is 4.79 Å². The van der Waals surface area contributed by atoms with Crippen LogP contribution in [0.25, 0.3) is 0 Å². The third-order valence-corrected chi connectivity index (χ3v) is 4.92. The number of anilines is 1. The number of amides is 1. The van der Waals surface area contributed by atoms with E-state index in [0.29, 0.717) is 6.42 Å². The van der Waals surface area contributed by atoms with Gasteiger partial charge >= 0.3 is 0 Å². The summed E-state index contributed by atoms with van der Waals surface area (Å²) in [6.07, 6.45) is 2.83. The Morgan fingerprint density at radius 3 is 2.39 bits per heavy atom. The van der Waals surface area contributed by atoms with E-state index in [0.717, 1.165) is 63.1 Å². The molecular weight excluding hydrogens is 290 g/mol. The van der Waals surface area contributed by atoms with Crippen molar-refractivity contribution in [2.75, 3.05) is 51.7 Å². The van der Waals surface area contributed by atoms with Gasteiger partial charge < -0.3 is 15.4 Å². The van der Waals surface area contributed by atoms with Crippen LogP contribution in [0.15, 0.2) is 24.3 Å². The lowest BCUT2D eigenvalue weighted by molar-refractivity contribution is -0.132. The molecule has 0 atom stereocenters. The second-order valence-corrected chi connectivity index (χ2v) is 6.66. The molecule has 2 N–H and O–H groups in total. The first-order valence-electron chi connectivity index (χ1n) is 8.63. The van der Waals surface area contributed by atoms with Gasteiger partial charge in [-0.3, -0.25) is 9.69 Å². The van der Waals surface area contributed by atoms with Crippen LogP contribution >= 0.6 is 0 Å². The number of nitrogens with two attached hydrogens (primary N) is 1. The molecule has 5 heteroatoms. The van der Waals surface area contributed by atoms with Crippen LogP contribution in [-0.4, -0.2) is 61.6 Å². The number of ether oxygens (including phenoxy) is 1. The molecule has 0 radical (unpaired) electrons. The molecule has 2 heterocycles. The summed E-state index contributed by atoms with van der Waals surface area (Å²) in [5.74, 6) is 0.987. The first-order valence-corrected chi connectivity index (χ1v) is 8.63. The minimum atomic E-state index is 0.223. The van der Waals surface area contributed by atoms with Crippen molar-refractivity contribution in [3.05, 3.63) is 29.8 Å². The molecule has 5 nitrogen and oxygen atoms in total. The summed E-state index contributed by atoms with van der Waals surface area (Å²) in [5, 5.41) is 0. The highest BCUT2D eigenvalue weighted by Crippen LogP contribution is 2.17. The molecule has 1 aromatic rings. The molecule has 2 fully saturated rings. The molecule has 1 amide bonds. The molecule has 2 saturated heterocycles. The summed E-state index contributed by atoms with van der Waals surface area (Å²) < 4.78 is 5.42. The molecule has 0 aliphatic carbocycles. The van der Waals surface area contributed by atoms with Crippen LogP contribution in [0.4, 0.5) is 5.69 Å². The zero-order chi connectivity index (χ0) is 16.1. The van der Waals surface area contributed by atoms with Crippen molar-refractivity contribution < 1.29 is 9.53 Å². The van der Waals surface area contributed by atoms with E-state index in [1.807, 2.05) is 29.2 Å². The van der Waals surface area contributed by atoms with Crippen LogP contribution in [0, 0.1) is 5.92 Å². The average molecular weight is 317 g/mol. The number of nitrogen functional groups attached to an aromatic ring is 1. The van der Waals surface area contributed by atoms with E-state index in [1.165, 1.54) is 12.8 Å². The van der Waals surface area contributed by atoms with Gasteiger partial charge in [0.1, 0.15) is 0 Å². The maximum atomic E-state index is 12.4. The van der Waals surface area contributed by atoms with Crippen molar-refractivity contribution in [2.45, 2.75) is 19.3 Å². The Bertz CT molecular complexity index is 504. The third-order valence-electron chi connectivity index (χ3n) is 4.92. The van der Waals surface area contributed by atoms with Crippen LogP contribution in [0.5, 0.6) is 0 Å². The molecule has 2 aliphatic rings. The van der Waals surface area contributed by atoms with Crippen molar-refractivity contribution in [2.24, 2.45) is 5.92 Å². The minimum Gasteiger partial charge on any atom is -0.399 e. The quantitative estimate of drug-likeness (QED) is 0.853. The van der Waals surface area contributed by atoms with E-state index in [1.54, 1.807) is 0 Å². The molecule has 23 heavy (non-hydrogen) atoms. The Balaban J connectivity index is 1.42. The number of hydrogen-bond acceptors (Lipinski definition) is 4. The van der Waals surface area contributed by atoms with Crippen LogP contribution in [0.1, 0.15) is 18.4 Å². The zero-order valence-electron chi connectivity index (χ0n) is 13.7. The Morgan fingerprint density at radius 2 is 1.74 bits per heavy atom. The molecule has 2 aliphatic heterocycles. The van der Waals surface area contributed by atoms with Crippen LogP contribution in [0.3, 0.4) is 0 Å². The fourth-order valence-electron chi connectivity index (χ4n) is 3.40. The highest BCUT2D eigenvalue weighted by molar-refractivity contribution is 5.79. The maximum absolute atomic E-state index is 12.4. The number of hydrogen-bond donors (Lipinski definition) is 1. The summed E-state index contributed by atoms with van der Waals surface area (Å²) in [5.41, 5.74) is 7.46. The van der Waals surface area contributed by atoms with Gasteiger partial charge in [-0.05, 0) is 36.5 Å². The van der Waals surface area contributed by atoms with E-state index in [-0.39, 0.29) is 5.91 Å². The lowest BCUT2D eigenvalue weighted by Crippen LogP contribution is -2.50. The predicted octanol–water partition coefficient (Wildman–Crippen LogP) is 1.38. The second kappa shape index (κ2) is 7.79. The molecule has 0 unspecified atom stereocenters. The van der Waals surface area contributed by atoms with Gasteiger partial charge in [-0.15, -0.1) is 0 Å². The highest BCUT2D eigenvalue weighted by atomic mass is 16.5. The first-order chi connectivity index (χ1) is 11.2. The van der Waals surface area contributed by atoms with Gasteiger partial charge in [-0.2, -0.15) is 0 Å². The Kier molecular flexibility index (Phi) is 5.51. The summed E-state index contributed by atoms with van der Waals surface area (Å²) in [7, 11) is 0. The van der Waals surface area contributed by atoms with Crippen LogP contribution in [0.2, 0.25) is 0 Å². The van der Waals surface area contributed by atoms with Gasteiger partial charge in [-0.25, -0.2) is 0 Å². The summed E-state index contributed by atoms with van der Waals surface area (Å²) in [6.45, 7) is 6.64. The molecule has 0 bridgehead atoms. The highest BCUT2D eigenvalue weighted by Gasteiger charge is 2.24. The van der Waals surface area contributed by atoms with E-state index >= 15 is 0 Å². The zero-order valence-corrected chi connectivity index (χ0v) is 13.7. The molecule has 1 aromatic carbocycles. The number of piperazine rings is 1. The average Bonchev–Trinajstić information content (AvgIpc) is 2.58. The lowest BCUT2D eigenvalue weighted by atomic mass is 9.99. The fraction of sp³-hybridized carbons (Fsp3) is 0.611. The van der Waals surface area contributed by atoms with Crippen molar-refractivity contribution in [3.8, 4) is 0 Å². The van der Waals surface area contributed by atoms with E-state index in [2.05, 4.69) is 4.90 Å². The van der Waals surface area contributed by atoms with Gasteiger partial charge in [0.25, 0.3) is 0 Å². The minimum absolute atomic E-state index is 0.223. The summed E-state index contributed by atoms with van der Waals surface area (Å²) in [4.78, 5) is 16.9. The molecule has 3 rings (SSSR count). The topological polar surface area (TPSA) is 58.8 Å². The monoisotopic (exact) mass is 317 g/mol. The molecule has 126 valence electrons.